The average Bonchev–Trinajstić information content (AvgIpc) is 3.72. The van der Waals surface area contributed by atoms with Gasteiger partial charge in [-0.1, -0.05) is 0 Å². The SMILES string of the molecule is CCOC(C)COC(C)COC(C)COC(C)COC(C)COC(C)COC(C)COC(C)COC(C)COC(C)COC(C)COC(C)COC(C)COC(C)COC(C)COC(C)COC(C)COC(C)COC(C)COC(C)COC(C)COC(C)CO. The number of ether oxygens (including phenoxy) is 22. The number of aliphatic hydroxyl groups is 1. The molecule has 548 valence electrons. The molecule has 23 nitrogen and oxygen atoms in total. The normalized spacial score (nSPS) is 19.8. The Bertz CT molecular complexity index is 1580. The Labute approximate surface area is 552 Å². The van der Waals surface area contributed by atoms with Crippen molar-refractivity contribution in [3.8, 4) is 0 Å². The lowest BCUT2D eigenvalue weighted by atomic mass is 10.3. The molecule has 0 aliphatic rings. The van der Waals surface area contributed by atoms with E-state index in [1.54, 1.807) is 0 Å². The van der Waals surface area contributed by atoms with Crippen molar-refractivity contribution in [1.29, 1.82) is 0 Å². The van der Waals surface area contributed by atoms with Crippen LogP contribution in [0.2, 0.25) is 0 Å². The monoisotopic (exact) mass is 1320 g/mol. The van der Waals surface area contributed by atoms with Gasteiger partial charge in [0.25, 0.3) is 0 Å². The van der Waals surface area contributed by atoms with Crippen LogP contribution >= 0.6 is 0 Å². The molecule has 22 unspecified atom stereocenters. The van der Waals surface area contributed by atoms with E-state index >= 15 is 0 Å². The smallest absolute Gasteiger partial charge is 0.0781 e. The Hall–Kier alpha value is -0.920. The van der Waals surface area contributed by atoms with Gasteiger partial charge in [-0.05, 0) is 159 Å². The van der Waals surface area contributed by atoms with Gasteiger partial charge < -0.3 is 109 Å². The van der Waals surface area contributed by atoms with Gasteiger partial charge in [-0.3, -0.25) is 0 Å². The zero-order valence-electron chi connectivity index (χ0n) is 61.4. The fourth-order valence-electron chi connectivity index (χ4n) is 7.64. The Balaban J connectivity index is 4.04. The Morgan fingerprint density at radius 3 is 0.297 bits per heavy atom. The molecule has 0 aromatic rings. The third-order valence-electron chi connectivity index (χ3n) is 13.6. The van der Waals surface area contributed by atoms with E-state index in [0.29, 0.717) is 145 Å². The van der Waals surface area contributed by atoms with Crippen molar-refractivity contribution in [2.75, 3.05) is 152 Å². The number of hydrogen-bond donors (Lipinski definition) is 1. The van der Waals surface area contributed by atoms with Crippen LogP contribution in [0.15, 0.2) is 0 Å². The van der Waals surface area contributed by atoms with Gasteiger partial charge in [-0.2, -0.15) is 0 Å². The summed E-state index contributed by atoms with van der Waals surface area (Å²) in [7, 11) is 0. The van der Waals surface area contributed by atoms with E-state index in [1.165, 1.54) is 0 Å². The fourth-order valence-corrected chi connectivity index (χ4v) is 7.64. The zero-order valence-corrected chi connectivity index (χ0v) is 61.4. The van der Waals surface area contributed by atoms with Crippen LogP contribution in [-0.4, -0.2) is 291 Å². The largest absolute Gasteiger partial charge is 0.394 e. The van der Waals surface area contributed by atoms with Crippen molar-refractivity contribution in [3.05, 3.63) is 0 Å². The molecule has 91 heavy (non-hydrogen) atoms. The maximum atomic E-state index is 9.10. The topological polar surface area (TPSA) is 223 Å². The fraction of sp³-hybridized carbons (Fsp3) is 1.00. The molecule has 0 spiro atoms. The second kappa shape index (κ2) is 57.0. The van der Waals surface area contributed by atoms with Crippen molar-refractivity contribution in [1.82, 2.24) is 0 Å². The third kappa shape index (κ3) is 56.8. The minimum absolute atomic E-state index is 0.0138. The first kappa shape index (κ1) is 90.1. The van der Waals surface area contributed by atoms with Crippen molar-refractivity contribution in [2.45, 2.75) is 294 Å². The summed E-state index contributed by atoms with van der Waals surface area (Å²) in [4.78, 5) is 0. The molecule has 0 aliphatic carbocycles. The molecule has 0 saturated heterocycles. The first-order valence-corrected chi connectivity index (χ1v) is 34.2. The van der Waals surface area contributed by atoms with Crippen molar-refractivity contribution >= 4 is 0 Å². The van der Waals surface area contributed by atoms with Gasteiger partial charge in [-0.15, -0.1) is 0 Å². The number of rotatable bonds is 66. The number of hydrogen-bond acceptors (Lipinski definition) is 23. The molecule has 0 heterocycles. The average molecular weight is 1320 g/mol. The maximum Gasteiger partial charge on any atom is 0.0781 e. The first-order chi connectivity index (χ1) is 43.1. The minimum atomic E-state index is -0.207. The molecule has 22 atom stereocenters. The number of aliphatic hydroxyl groups excluding tert-OH is 1. The van der Waals surface area contributed by atoms with Crippen LogP contribution in [0.5, 0.6) is 0 Å². The summed E-state index contributed by atoms with van der Waals surface area (Å²) in [5.41, 5.74) is 0. The van der Waals surface area contributed by atoms with Gasteiger partial charge in [0.1, 0.15) is 0 Å². The molecule has 23 heteroatoms. The van der Waals surface area contributed by atoms with E-state index in [-0.39, 0.29) is 141 Å². The van der Waals surface area contributed by atoms with E-state index < -0.39 is 0 Å². The second-order valence-corrected chi connectivity index (χ2v) is 25.5. The van der Waals surface area contributed by atoms with Gasteiger partial charge in [0, 0.05) is 6.61 Å². The second-order valence-electron chi connectivity index (χ2n) is 25.5. The van der Waals surface area contributed by atoms with Crippen molar-refractivity contribution in [3.63, 3.8) is 0 Å². The lowest BCUT2D eigenvalue weighted by Gasteiger charge is -2.24. The standard InChI is InChI=1S/C68H138O23/c1-24-70-48(3)26-72-50(5)28-74-52(7)30-76-54(9)32-78-56(11)34-80-58(13)36-82-60(15)38-84-62(17)40-86-64(19)42-88-66(21)44-90-68(23)46-91-67(22)45-89-65(20)43-87-63(18)41-85-61(16)39-83-59(14)37-81-57(12)35-79-55(10)33-77-53(8)31-75-51(6)29-73-49(4)27-71-47(2)25-69/h47-69H,24-46H2,1-23H3. The molecule has 0 rings (SSSR count). The summed E-state index contributed by atoms with van der Waals surface area (Å²) >= 11 is 0. The highest BCUT2D eigenvalue weighted by Gasteiger charge is 2.20. The van der Waals surface area contributed by atoms with Crippen LogP contribution in [0, 0.1) is 0 Å². The molecule has 0 aromatic carbocycles. The van der Waals surface area contributed by atoms with Crippen LogP contribution in [-0.2, 0) is 104 Å². The summed E-state index contributed by atoms with van der Waals surface area (Å²) in [6, 6.07) is 0. The molecule has 0 fully saturated rings. The summed E-state index contributed by atoms with van der Waals surface area (Å²) < 4.78 is 130. The molecule has 0 bridgehead atoms. The Morgan fingerprint density at radius 1 is 0.143 bits per heavy atom. The molecular weight excluding hydrogens is 1180 g/mol. The third-order valence-corrected chi connectivity index (χ3v) is 13.6. The van der Waals surface area contributed by atoms with E-state index in [2.05, 4.69) is 0 Å². The zero-order chi connectivity index (χ0) is 68.5. The van der Waals surface area contributed by atoms with Crippen LogP contribution in [0.25, 0.3) is 0 Å². The highest BCUT2D eigenvalue weighted by atomic mass is 16.6. The summed E-state index contributed by atoms with van der Waals surface area (Å²) in [6.07, 6.45) is -2.19. The molecule has 0 aliphatic heterocycles. The highest BCUT2D eigenvalue weighted by Crippen LogP contribution is 2.11. The van der Waals surface area contributed by atoms with Crippen LogP contribution in [0.1, 0.15) is 159 Å². The Kier molecular flexibility index (Phi) is 56.5. The predicted molar refractivity (Wildman–Crippen MR) is 352 cm³/mol. The van der Waals surface area contributed by atoms with E-state index in [4.69, 9.17) is 109 Å². The molecule has 0 aromatic heterocycles. The first-order valence-electron chi connectivity index (χ1n) is 34.2. The van der Waals surface area contributed by atoms with Crippen LogP contribution in [0.4, 0.5) is 0 Å². The molecule has 1 N–H and O–H groups in total. The van der Waals surface area contributed by atoms with E-state index in [0.717, 1.165) is 0 Å². The molecule has 0 saturated carbocycles. The summed E-state index contributed by atoms with van der Waals surface area (Å²) in [5.74, 6) is 0. The Morgan fingerprint density at radius 2 is 0.220 bits per heavy atom. The molecule has 0 radical (unpaired) electrons. The summed E-state index contributed by atoms with van der Waals surface area (Å²) in [5, 5.41) is 9.10. The van der Waals surface area contributed by atoms with Crippen molar-refractivity contribution in [2.24, 2.45) is 0 Å². The molecule has 0 amide bonds. The predicted octanol–water partition coefficient (Wildman–Crippen LogP) is 8.91. The van der Waals surface area contributed by atoms with E-state index in [1.807, 2.05) is 159 Å². The van der Waals surface area contributed by atoms with Gasteiger partial charge in [-0.25, -0.2) is 0 Å². The van der Waals surface area contributed by atoms with Gasteiger partial charge in [0.2, 0.25) is 0 Å². The molecular formula is C68H138O23. The van der Waals surface area contributed by atoms with Gasteiger partial charge >= 0.3 is 0 Å². The van der Waals surface area contributed by atoms with Crippen molar-refractivity contribution < 1.29 is 109 Å². The maximum absolute atomic E-state index is 9.10. The van der Waals surface area contributed by atoms with Gasteiger partial charge in [0.05, 0.1) is 280 Å². The van der Waals surface area contributed by atoms with Crippen LogP contribution < -0.4 is 0 Å². The summed E-state index contributed by atoms with van der Waals surface area (Å²) in [6.45, 7) is 55.5. The lowest BCUT2D eigenvalue weighted by Crippen LogP contribution is -2.31. The minimum Gasteiger partial charge on any atom is -0.394 e. The van der Waals surface area contributed by atoms with Crippen LogP contribution in [0.3, 0.4) is 0 Å². The van der Waals surface area contributed by atoms with E-state index in [9.17, 15) is 0 Å². The quantitative estimate of drug-likeness (QED) is 0.0600. The highest BCUT2D eigenvalue weighted by molar-refractivity contribution is 4.65. The lowest BCUT2D eigenvalue weighted by molar-refractivity contribution is -0.117. The van der Waals surface area contributed by atoms with Gasteiger partial charge in [0.15, 0.2) is 0 Å².